The van der Waals surface area contributed by atoms with Crippen LogP contribution in [0.5, 0.6) is 5.75 Å². The van der Waals surface area contributed by atoms with Crippen LogP contribution >= 0.6 is 12.6 Å². The first-order valence-electron chi connectivity index (χ1n) is 4.15. The van der Waals surface area contributed by atoms with E-state index in [9.17, 15) is 13.2 Å². The summed E-state index contributed by atoms with van der Waals surface area (Å²) in [5.74, 6) is -0.331. The summed E-state index contributed by atoms with van der Waals surface area (Å²) >= 11 is 3.93. The van der Waals surface area contributed by atoms with E-state index < -0.39 is 12.4 Å². The van der Waals surface area contributed by atoms with Crippen molar-refractivity contribution in [1.82, 2.24) is 0 Å². The molecule has 5 heteroatoms. The van der Waals surface area contributed by atoms with E-state index in [1.165, 1.54) is 12.1 Å². The fourth-order valence-electron chi connectivity index (χ4n) is 1.02. The van der Waals surface area contributed by atoms with Gasteiger partial charge in [0, 0.05) is 17.4 Å². The first-order chi connectivity index (χ1) is 7.13. The second-order valence-corrected chi connectivity index (χ2v) is 3.01. The third-order valence-corrected chi connectivity index (χ3v) is 1.81. The van der Waals surface area contributed by atoms with Crippen molar-refractivity contribution in [3.8, 4) is 5.75 Å². The topological polar surface area (TPSA) is 9.23 Å². The Hall–Kier alpha value is -1.10. The van der Waals surface area contributed by atoms with Crippen LogP contribution in [0.1, 0.15) is 5.56 Å². The van der Waals surface area contributed by atoms with Gasteiger partial charge in [-0.15, -0.1) is 0 Å². The van der Waals surface area contributed by atoms with Crippen LogP contribution in [-0.4, -0.2) is 12.4 Å². The summed E-state index contributed by atoms with van der Waals surface area (Å²) in [5.41, 5.74) is 0.394. The maximum absolute atomic E-state index is 12.8. The van der Waals surface area contributed by atoms with Gasteiger partial charge in [0.2, 0.25) is 0 Å². The van der Waals surface area contributed by atoms with E-state index >= 15 is 0 Å². The molecule has 0 bridgehead atoms. The first kappa shape index (κ1) is 12.0. The smallest absolute Gasteiger partial charge is 0.387 e. The monoisotopic (exact) mass is 234 g/mol. The van der Waals surface area contributed by atoms with Gasteiger partial charge in [-0.3, -0.25) is 0 Å². The number of thiol groups is 1. The molecule has 0 aliphatic rings. The molecule has 0 aliphatic carbocycles. The average Bonchev–Trinajstić information content (AvgIpc) is 2.16. The summed E-state index contributed by atoms with van der Waals surface area (Å²) in [7, 11) is 0. The Morgan fingerprint density at radius 1 is 1.40 bits per heavy atom. The summed E-state index contributed by atoms with van der Waals surface area (Å²) in [6, 6.07) is 3.47. The largest absolute Gasteiger partial charge is 0.434 e. The number of hydrogen-bond acceptors (Lipinski definition) is 2. The molecule has 0 radical (unpaired) electrons. The highest BCUT2D eigenvalue weighted by atomic mass is 32.1. The molecule has 0 amide bonds. The van der Waals surface area contributed by atoms with Crippen molar-refractivity contribution in [1.29, 1.82) is 0 Å². The molecule has 0 aliphatic heterocycles. The number of halogens is 3. The van der Waals surface area contributed by atoms with Gasteiger partial charge in [-0.2, -0.15) is 21.4 Å². The van der Waals surface area contributed by atoms with E-state index in [1.807, 2.05) is 0 Å². The molecule has 0 atom stereocenters. The molecule has 0 fully saturated rings. The third-order valence-electron chi connectivity index (χ3n) is 1.59. The number of rotatable bonds is 4. The molecule has 0 aromatic heterocycles. The van der Waals surface area contributed by atoms with Gasteiger partial charge in [0.25, 0.3) is 0 Å². The summed E-state index contributed by atoms with van der Waals surface area (Å²) in [4.78, 5) is 0. The number of hydrogen-bond donors (Lipinski definition) is 1. The van der Waals surface area contributed by atoms with Crippen molar-refractivity contribution in [2.45, 2.75) is 6.61 Å². The number of ether oxygens (including phenoxy) is 1. The van der Waals surface area contributed by atoms with Gasteiger partial charge in [-0.05, 0) is 12.1 Å². The summed E-state index contributed by atoms with van der Waals surface area (Å²) < 4.78 is 40.9. The molecule has 1 rings (SSSR count). The van der Waals surface area contributed by atoms with Gasteiger partial charge < -0.3 is 4.74 Å². The molecule has 82 valence electrons. The summed E-state index contributed by atoms with van der Waals surface area (Å²) in [6.07, 6.45) is 3.19. The zero-order valence-electron chi connectivity index (χ0n) is 7.66. The molecular formula is C10H9F3OS. The zero-order chi connectivity index (χ0) is 11.3. The number of alkyl halides is 2. The highest BCUT2D eigenvalue weighted by Crippen LogP contribution is 2.23. The van der Waals surface area contributed by atoms with Gasteiger partial charge in [0.05, 0.1) is 0 Å². The molecule has 0 N–H and O–H groups in total. The van der Waals surface area contributed by atoms with Crippen molar-refractivity contribution >= 4 is 18.7 Å². The lowest BCUT2D eigenvalue weighted by molar-refractivity contribution is -0.0501. The van der Waals surface area contributed by atoms with Gasteiger partial charge >= 0.3 is 6.61 Å². The van der Waals surface area contributed by atoms with E-state index in [0.29, 0.717) is 11.3 Å². The second kappa shape index (κ2) is 5.70. The predicted octanol–water partition coefficient (Wildman–Crippen LogP) is 3.37. The van der Waals surface area contributed by atoms with Crippen LogP contribution in [0.2, 0.25) is 0 Å². The fraction of sp³-hybridized carbons (Fsp3) is 0.200. The minimum absolute atomic E-state index is 0.178. The van der Waals surface area contributed by atoms with Gasteiger partial charge in [-0.25, -0.2) is 4.39 Å². The summed E-state index contributed by atoms with van der Waals surface area (Å²) in [5, 5.41) is 0. The lowest BCUT2D eigenvalue weighted by Gasteiger charge is -2.07. The second-order valence-electron chi connectivity index (χ2n) is 2.65. The van der Waals surface area contributed by atoms with Gasteiger partial charge in [0.15, 0.2) is 0 Å². The van der Waals surface area contributed by atoms with E-state index in [4.69, 9.17) is 0 Å². The lowest BCUT2D eigenvalue weighted by Crippen LogP contribution is -2.03. The van der Waals surface area contributed by atoms with E-state index in [0.717, 1.165) is 6.07 Å². The Morgan fingerprint density at radius 2 is 2.13 bits per heavy atom. The zero-order valence-corrected chi connectivity index (χ0v) is 8.55. The predicted molar refractivity (Wildman–Crippen MR) is 55.9 cm³/mol. The van der Waals surface area contributed by atoms with Gasteiger partial charge in [0.1, 0.15) is 11.6 Å². The van der Waals surface area contributed by atoms with Gasteiger partial charge in [-0.1, -0.05) is 12.2 Å². The molecule has 15 heavy (non-hydrogen) atoms. The van der Waals surface area contributed by atoms with Crippen LogP contribution in [0.15, 0.2) is 24.3 Å². The van der Waals surface area contributed by atoms with Crippen LogP contribution in [0.3, 0.4) is 0 Å². The first-order valence-corrected chi connectivity index (χ1v) is 4.78. The third kappa shape index (κ3) is 3.87. The molecule has 0 heterocycles. The lowest BCUT2D eigenvalue weighted by atomic mass is 10.2. The maximum Gasteiger partial charge on any atom is 0.387 e. The van der Waals surface area contributed by atoms with Crippen molar-refractivity contribution in [2.75, 3.05) is 5.75 Å². The molecule has 1 aromatic rings. The van der Waals surface area contributed by atoms with Crippen LogP contribution in [0.4, 0.5) is 13.2 Å². The van der Waals surface area contributed by atoms with Crippen LogP contribution in [0, 0.1) is 5.82 Å². The van der Waals surface area contributed by atoms with Crippen LogP contribution < -0.4 is 4.74 Å². The highest BCUT2D eigenvalue weighted by molar-refractivity contribution is 7.80. The summed E-state index contributed by atoms with van der Waals surface area (Å²) in [6.45, 7) is -2.96. The Kier molecular flexibility index (Phi) is 4.55. The van der Waals surface area contributed by atoms with Crippen molar-refractivity contribution in [3.05, 3.63) is 35.7 Å². The number of benzene rings is 1. The highest BCUT2D eigenvalue weighted by Gasteiger charge is 2.08. The van der Waals surface area contributed by atoms with E-state index in [1.54, 1.807) is 12.2 Å². The molecule has 1 nitrogen and oxygen atoms in total. The van der Waals surface area contributed by atoms with Crippen LogP contribution in [0.25, 0.3) is 6.08 Å². The molecule has 0 unspecified atom stereocenters. The van der Waals surface area contributed by atoms with Crippen LogP contribution in [-0.2, 0) is 0 Å². The standard InChI is InChI=1S/C10H9F3OS/c11-8-4-3-7(2-1-5-15)9(6-8)14-10(12)13/h1-4,6,10,15H,5H2. The Balaban J connectivity index is 2.97. The SMILES string of the molecule is Fc1ccc(C=CCS)c(OC(F)F)c1. The minimum Gasteiger partial charge on any atom is -0.434 e. The van der Waals surface area contributed by atoms with E-state index in [-0.39, 0.29) is 5.75 Å². The Morgan fingerprint density at radius 3 is 2.73 bits per heavy atom. The minimum atomic E-state index is -2.96. The maximum atomic E-state index is 12.8. The normalized spacial score (nSPS) is 11.3. The average molecular weight is 234 g/mol. The molecule has 0 saturated heterocycles. The van der Waals surface area contributed by atoms with E-state index in [2.05, 4.69) is 17.4 Å². The molecule has 0 saturated carbocycles. The fourth-order valence-corrected chi connectivity index (χ4v) is 1.13. The molecule has 1 aromatic carbocycles. The Bertz CT molecular complexity index is 353. The Labute approximate surface area is 91.0 Å². The molecule has 0 spiro atoms. The quantitative estimate of drug-likeness (QED) is 0.786. The van der Waals surface area contributed by atoms with Crippen molar-refractivity contribution in [2.24, 2.45) is 0 Å². The van der Waals surface area contributed by atoms with Crippen molar-refractivity contribution in [3.63, 3.8) is 0 Å². The molecular weight excluding hydrogens is 225 g/mol. The van der Waals surface area contributed by atoms with Crippen molar-refractivity contribution < 1.29 is 17.9 Å².